The number of methoxy groups -OCH3 is 1. The highest BCUT2D eigenvalue weighted by Crippen LogP contribution is 2.61. The molecule has 0 radical (unpaired) electrons. The monoisotopic (exact) mass is 291 g/mol. The zero-order valence-electron chi connectivity index (χ0n) is 13.4. The van der Waals surface area contributed by atoms with Gasteiger partial charge in [0.1, 0.15) is 0 Å². The Morgan fingerprint density at radius 3 is 2.05 bits per heavy atom. The van der Waals surface area contributed by atoms with E-state index >= 15 is 0 Å². The third-order valence-corrected chi connectivity index (χ3v) is 6.82. The van der Waals surface area contributed by atoms with Crippen LogP contribution in [0.15, 0.2) is 0 Å². The summed E-state index contributed by atoms with van der Waals surface area (Å²) in [5.74, 6) is 3.28. The van der Waals surface area contributed by atoms with Gasteiger partial charge in [-0.3, -0.25) is 4.79 Å². The number of rotatable bonds is 3. The van der Waals surface area contributed by atoms with E-state index in [-0.39, 0.29) is 0 Å². The van der Waals surface area contributed by atoms with Gasteiger partial charge in [0.25, 0.3) is 0 Å². The van der Waals surface area contributed by atoms with Crippen LogP contribution < -0.4 is 0 Å². The summed E-state index contributed by atoms with van der Waals surface area (Å²) in [6.45, 7) is 1.81. The van der Waals surface area contributed by atoms with Gasteiger partial charge < -0.3 is 9.64 Å². The second-order valence-electron chi connectivity index (χ2n) is 8.41. The number of amides is 1. The number of likely N-dealkylation sites (tertiary alicyclic amines) is 1. The van der Waals surface area contributed by atoms with Crippen LogP contribution >= 0.6 is 0 Å². The smallest absolute Gasteiger partial charge is 0.223 e. The number of hydrogen-bond donors (Lipinski definition) is 0. The first-order chi connectivity index (χ1) is 10.2. The molecule has 0 aromatic rings. The molecular formula is C18H29NO2. The Hall–Kier alpha value is -0.570. The molecular weight excluding hydrogens is 262 g/mol. The van der Waals surface area contributed by atoms with E-state index in [2.05, 4.69) is 4.90 Å². The fourth-order valence-corrected chi connectivity index (χ4v) is 6.28. The van der Waals surface area contributed by atoms with Crippen LogP contribution in [0.2, 0.25) is 0 Å². The van der Waals surface area contributed by atoms with Crippen LogP contribution in [0.1, 0.15) is 57.8 Å². The van der Waals surface area contributed by atoms with Crippen LogP contribution in [0, 0.1) is 23.2 Å². The van der Waals surface area contributed by atoms with Crippen molar-refractivity contribution in [2.24, 2.45) is 23.2 Å². The maximum absolute atomic E-state index is 12.8. The number of piperidine rings is 1. The molecule has 0 spiro atoms. The topological polar surface area (TPSA) is 29.5 Å². The summed E-state index contributed by atoms with van der Waals surface area (Å²) in [4.78, 5) is 14.9. The third-order valence-electron chi connectivity index (χ3n) is 6.82. The molecule has 4 bridgehead atoms. The van der Waals surface area contributed by atoms with Crippen molar-refractivity contribution in [2.45, 2.75) is 63.9 Å². The lowest BCUT2D eigenvalue weighted by atomic mass is 9.49. The summed E-state index contributed by atoms with van der Waals surface area (Å²) in [5.41, 5.74) is 0.393. The van der Waals surface area contributed by atoms with Crippen molar-refractivity contribution in [3.8, 4) is 0 Å². The van der Waals surface area contributed by atoms with Crippen molar-refractivity contribution >= 4 is 5.91 Å². The van der Waals surface area contributed by atoms with E-state index < -0.39 is 0 Å². The highest BCUT2D eigenvalue weighted by molar-refractivity contribution is 5.77. The van der Waals surface area contributed by atoms with Crippen LogP contribution in [-0.2, 0) is 9.53 Å². The Labute approximate surface area is 128 Å². The Morgan fingerprint density at radius 2 is 1.57 bits per heavy atom. The lowest BCUT2D eigenvalue weighted by Gasteiger charge is -2.57. The zero-order chi connectivity index (χ0) is 14.4. The fraction of sp³-hybridized carbons (Fsp3) is 0.944. The van der Waals surface area contributed by atoms with E-state index in [1.165, 1.54) is 38.5 Å². The van der Waals surface area contributed by atoms with Gasteiger partial charge in [0, 0.05) is 26.6 Å². The minimum absolute atomic E-state index is 0.369. The molecule has 5 rings (SSSR count). The van der Waals surface area contributed by atoms with E-state index in [0.717, 1.165) is 50.1 Å². The Kier molecular flexibility index (Phi) is 3.52. The Morgan fingerprint density at radius 1 is 1.05 bits per heavy atom. The third kappa shape index (κ3) is 2.62. The molecule has 4 aliphatic carbocycles. The summed E-state index contributed by atoms with van der Waals surface area (Å²) < 4.78 is 5.42. The molecule has 0 atom stereocenters. The first kappa shape index (κ1) is 14.0. The van der Waals surface area contributed by atoms with Gasteiger partial charge in [0.15, 0.2) is 0 Å². The first-order valence-electron chi connectivity index (χ1n) is 8.96. The number of nitrogens with zero attached hydrogens (tertiary/aromatic N) is 1. The summed E-state index contributed by atoms with van der Waals surface area (Å²) in [6, 6.07) is 0. The highest BCUT2D eigenvalue weighted by Gasteiger charge is 2.51. The van der Waals surface area contributed by atoms with Gasteiger partial charge in [-0.1, -0.05) is 0 Å². The SMILES string of the molecule is COC1CCN(C(=O)CC23CC4CC(CC(C4)C2)C3)CC1. The highest BCUT2D eigenvalue weighted by atomic mass is 16.5. The largest absolute Gasteiger partial charge is 0.381 e. The number of hydrogen-bond acceptors (Lipinski definition) is 2. The normalized spacial score (nSPS) is 42.5. The van der Waals surface area contributed by atoms with E-state index in [1.807, 2.05) is 0 Å². The zero-order valence-corrected chi connectivity index (χ0v) is 13.4. The van der Waals surface area contributed by atoms with Gasteiger partial charge in [-0.05, 0) is 74.5 Å². The average molecular weight is 291 g/mol. The molecule has 118 valence electrons. The molecule has 1 heterocycles. The van der Waals surface area contributed by atoms with Crippen molar-refractivity contribution in [1.82, 2.24) is 4.90 Å². The van der Waals surface area contributed by atoms with Crippen LogP contribution in [0.5, 0.6) is 0 Å². The number of carbonyl (C=O) groups is 1. The molecule has 3 heteroatoms. The molecule has 0 N–H and O–H groups in total. The van der Waals surface area contributed by atoms with Crippen LogP contribution in [-0.4, -0.2) is 37.1 Å². The van der Waals surface area contributed by atoms with Crippen molar-refractivity contribution in [3.05, 3.63) is 0 Å². The van der Waals surface area contributed by atoms with Gasteiger partial charge in [-0.2, -0.15) is 0 Å². The summed E-state index contributed by atoms with van der Waals surface area (Å²) in [6.07, 6.45) is 11.7. The maximum Gasteiger partial charge on any atom is 0.223 e. The van der Waals surface area contributed by atoms with Crippen LogP contribution in [0.3, 0.4) is 0 Å². The van der Waals surface area contributed by atoms with E-state index in [4.69, 9.17) is 4.74 Å². The molecule has 21 heavy (non-hydrogen) atoms. The minimum Gasteiger partial charge on any atom is -0.381 e. The Balaban J connectivity index is 1.38. The number of ether oxygens (including phenoxy) is 1. The molecule has 5 fully saturated rings. The lowest BCUT2D eigenvalue weighted by molar-refractivity contribution is -0.141. The standard InChI is InChI=1S/C18H29NO2/c1-21-16-2-4-19(5-3-16)17(20)12-18-9-13-6-14(10-18)8-15(7-13)11-18/h13-16H,2-12H2,1H3. The first-order valence-corrected chi connectivity index (χ1v) is 8.96. The summed E-state index contributed by atoms with van der Waals surface area (Å²) in [5, 5.41) is 0. The van der Waals surface area contributed by atoms with Crippen molar-refractivity contribution in [2.75, 3.05) is 20.2 Å². The minimum atomic E-state index is 0.369. The summed E-state index contributed by atoms with van der Waals surface area (Å²) in [7, 11) is 1.79. The lowest BCUT2D eigenvalue weighted by Crippen LogP contribution is -2.49. The summed E-state index contributed by atoms with van der Waals surface area (Å²) >= 11 is 0. The molecule has 5 aliphatic rings. The second-order valence-corrected chi connectivity index (χ2v) is 8.41. The molecule has 1 amide bonds. The van der Waals surface area contributed by atoms with Crippen molar-refractivity contribution < 1.29 is 9.53 Å². The quantitative estimate of drug-likeness (QED) is 0.799. The van der Waals surface area contributed by atoms with Gasteiger partial charge >= 0.3 is 0 Å². The van der Waals surface area contributed by atoms with Crippen LogP contribution in [0.25, 0.3) is 0 Å². The van der Waals surface area contributed by atoms with Crippen molar-refractivity contribution in [1.29, 1.82) is 0 Å². The molecule has 0 unspecified atom stereocenters. The predicted octanol–water partition coefficient (Wildman–Crippen LogP) is 3.23. The molecule has 3 nitrogen and oxygen atoms in total. The van der Waals surface area contributed by atoms with E-state index in [9.17, 15) is 4.79 Å². The van der Waals surface area contributed by atoms with Crippen molar-refractivity contribution in [3.63, 3.8) is 0 Å². The predicted molar refractivity (Wildman–Crippen MR) is 81.8 cm³/mol. The van der Waals surface area contributed by atoms with E-state index in [0.29, 0.717) is 17.4 Å². The fourth-order valence-electron chi connectivity index (χ4n) is 6.28. The molecule has 4 saturated carbocycles. The molecule has 1 aliphatic heterocycles. The second kappa shape index (κ2) is 5.26. The Bertz CT molecular complexity index is 376. The maximum atomic E-state index is 12.8. The average Bonchev–Trinajstić information content (AvgIpc) is 2.45. The number of carbonyl (C=O) groups excluding carboxylic acids is 1. The van der Waals surface area contributed by atoms with E-state index in [1.54, 1.807) is 7.11 Å². The van der Waals surface area contributed by atoms with Gasteiger partial charge in [-0.15, -0.1) is 0 Å². The molecule has 0 aromatic carbocycles. The molecule has 0 aromatic heterocycles. The van der Waals surface area contributed by atoms with Gasteiger partial charge in [0.05, 0.1) is 6.10 Å². The van der Waals surface area contributed by atoms with Crippen LogP contribution in [0.4, 0.5) is 0 Å². The van der Waals surface area contributed by atoms with Gasteiger partial charge in [0.2, 0.25) is 5.91 Å². The van der Waals surface area contributed by atoms with Gasteiger partial charge in [-0.25, -0.2) is 0 Å². The molecule has 1 saturated heterocycles.